The molecule has 0 radical (unpaired) electrons. The molecule has 2 amide bonds. The summed E-state index contributed by atoms with van der Waals surface area (Å²) < 4.78 is 12.7. The summed E-state index contributed by atoms with van der Waals surface area (Å²) in [5.74, 6) is -0.605. The second-order valence-corrected chi connectivity index (χ2v) is 4.24. The normalized spacial score (nSPS) is 19.7. The van der Waals surface area contributed by atoms with E-state index in [2.05, 4.69) is 5.32 Å². The molecule has 4 nitrogen and oxygen atoms in total. The van der Waals surface area contributed by atoms with Crippen LogP contribution in [-0.4, -0.2) is 29.3 Å². The number of carbonyl (C=O) groups excluding carboxylic acids is 2. The van der Waals surface area contributed by atoms with E-state index in [0.29, 0.717) is 13.1 Å². The summed E-state index contributed by atoms with van der Waals surface area (Å²) >= 11 is 0. The van der Waals surface area contributed by atoms with Gasteiger partial charge in [0.05, 0.1) is 12.5 Å². The van der Waals surface area contributed by atoms with Crippen molar-refractivity contribution in [1.29, 1.82) is 0 Å². The number of amides is 2. The van der Waals surface area contributed by atoms with E-state index < -0.39 is 6.04 Å². The van der Waals surface area contributed by atoms with Crippen LogP contribution in [-0.2, 0) is 16.1 Å². The topological polar surface area (TPSA) is 49.4 Å². The highest BCUT2D eigenvalue weighted by atomic mass is 19.1. The van der Waals surface area contributed by atoms with E-state index in [1.807, 2.05) is 0 Å². The third-order valence-electron chi connectivity index (χ3n) is 3.03. The van der Waals surface area contributed by atoms with Gasteiger partial charge in [0.25, 0.3) is 0 Å². The summed E-state index contributed by atoms with van der Waals surface area (Å²) in [7, 11) is 0. The summed E-state index contributed by atoms with van der Waals surface area (Å²) in [6.45, 7) is 2.63. The molecule has 1 atom stereocenters. The lowest BCUT2D eigenvalue weighted by atomic mass is 10.2. The average molecular weight is 250 g/mol. The zero-order chi connectivity index (χ0) is 13.1. The van der Waals surface area contributed by atoms with Crippen LogP contribution in [0.15, 0.2) is 24.3 Å². The fraction of sp³-hybridized carbons (Fsp3) is 0.385. The number of likely N-dealkylation sites (N-methyl/N-ethyl adjacent to an activating group) is 1. The predicted octanol–water partition coefficient (Wildman–Crippen LogP) is 1.06. The van der Waals surface area contributed by atoms with Gasteiger partial charge >= 0.3 is 0 Å². The Balaban J connectivity index is 1.93. The molecule has 1 aromatic carbocycles. The minimum atomic E-state index is -0.456. The van der Waals surface area contributed by atoms with Crippen molar-refractivity contribution in [3.63, 3.8) is 0 Å². The van der Waals surface area contributed by atoms with Crippen LogP contribution in [0.1, 0.15) is 18.9 Å². The highest BCUT2D eigenvalue weighted by Crippen LogP contribution is 2.13. The van der Waals surface area contributed by atoms with Crippen LogP contribution in [0.2, 0.25) is 0 Å². The number of nitrogens with one attached hydrogen (secondary N) is 1. The molecule has 1 fully saturated rings. The summed E-state index contributed by atoms with van der Waals surface area (Å²) in [6, 6.07) is 5.60. The molecule has 1 saturated heterocycles. The van der Waals surface area contributed by atoms with Gasteiger partial charge in [-0.15, -0.1) is 0 Å². The van der Waals surface area contributed by atoms with E-state index >= 15 is 0 Å². The molecular weight excluding hydrogens is 235 g/mol. The number of nitrogens with zero attached hydrogens (tertiary/aromatic N) is 1. The van der Waals surface area contributed by atoms with Crippen molar-refractivity contribution in [3.05, 3.63) is 35.6 Å². The number of rotatable bonds is 4. The molecule has 18 heavy (non-hydrogen) atoms. The third-order valence-corrected chi connectivity index (χ3v) is 3.03. The third kappa shape index (κ3) is 2.56. The van der Waals surface area contributed by atoms with Gasteiger partial charge in [0.2, 0.25) is 11.8 Å². The van der Waals surface area contributed by atoms with Crippen molar-refractivity contribution < 1.29 is 14.0 Å². The van der Waals surface area contributed by atoms with E-state index in [9.17, 15) is 14.0 Å². The Morgan fingerprint density at radius 2 is 2.00 bits per heavy atom. The molecule has 0 aromatic heterocycles. The molecule has 5 heteroatoms. The zero-order valence-electron chi connectivity index (χ0n) is 10.1. The van der Waals surface area contributed by atoms with Crippen LogP contribution >= 0.6 is 0 Å². The lowest BCUT2D eigenvalue weighted by Gasteiger charge is -2.13. The molecule has 2 rings (SSSR count). The van der Waals surface area contributed by atoms with Crippen LogP contribution in [0.25, 0.3) is 0 Å². The van der Waals surface area contributed by atoms with Crippen molar-refractivity contribution >= 4 is 11.8 Å². The van der Waals surface area contributed by atoms with Gasteiger partial charge in [-0.2, -0.15) is 0 Å². The number of hydrogen-bond acceptors (Lipinski definition) is 3. The Morgan fingerprint density at radius 1 is 1.33 bits per heavy atom. The predicted molar refractivity (Wildman–Crippen MR) is 64.0 cm³/mol. The Hall–Kier alpha value is -1.75. The van der Waals surface area contributed by atoms with Gasteiger partial charge in [0, 0.05) is 13.1 Å². The first kappa shape index (κ1) is 12.7. The minimum absolute atomic E-state index is 0.140. The first-order valence-corrected chi connectivity index (χ1v) is 5.94. The molecule has 0 bridgehead atoms. The Labute approximate surface area is 105 Å². The highest BCUT2D eigenvalue weighted by Gasteiger charge is 2.36. The Morgan fingerprint density at radius 3 is 2.56 bits per heavy atom. The standard InChI is InChI=1S/C13H15FN2O2/c1-2-16-12(17)7-11(13(16)18)15-8-9-3-5-10(14)6-4-9/h3-6,11,15H,2,7-8H2,1H3. The molecule has 96 valence electrons. The maximum absolute atomic E-state index is 12.7. The average Bonchev–Trinajstić information content (AvgIpc) is 2.63. The van der Waals surface area contributed by atoms with Gasteiger partial charge < -0.3 is 5.32 Å². The molecule has 1 unspecified atom stereocenters. The van der Waals surface area contributed by atoms with Crippen molar-refractivity contribution in [3.8, 4) is 0 Å². The molecule has 0 saturated carbocycles. The number of likely N-dealkylation sites (tertiary alicyclic amines) is 1. The lowest BCUT2D eigenvalue weighted by molar-refractivity contribution is -0.138. The number of carbonyl (C=O) groups is 2. The number of benzene rings is 1. The molecule has 1 heterocycles. The van der Waals surface area contributed by atoms with E-state index in [0.717, 1.165) is 5.56 Å². The smallest absolute Gasteiger partial charge is 0.246 e. The van der Waals surface area contributed by atoms with Crippen LogP contribution in [0.4, 0.5) is 4.39 Å². The van der Waals surface area contributed by atoms with Gasteiger partial charge in [0.15, 0.2) is 0 Å². The van der Waals surface area contributed by atoms with Gasteiger partial charge in [-0.25, -0.2) is 4.39 Å². The van der Waals surface area contributed by atoms with Crippen molar-refractivity contribution in [1.82, 2.24) is 10.2 Å². The molecule has 0 spiro atoms. The van der Waals surface area contributed by atoms with Crippen LogP contribution in [0.3, 0.4) is 0 Å². The molecule has 1 aliphatic heterocycles. The Bertz CT molecular complexity index is 459. The first-order chi connectivity index (χ1) is 8.61. The lowest BCUT2D eigenvalue weighted by Crippen LogP contribution is -2.38. The number of imide groups is 1. The van der Waals surface area contributed by atoms with Crippen molar-refractivity contribution in [2.24, 2.45) is 0 Å². The van der Waals surface area contributed by atoms with Gasteiger partial charge in [-0.05, 0) is 24.6 Å². The quantitative estimate of drug-likeness (QED) is 0.813. The van der Waals surface area contributed by atoms with Gasteiger partial charge in [-0.1, -0.05) is 12.1 Å². The summed E-state index contributed by atoms with van der Waals surface area (Å²) in [6.07, 6.45) is 0.202. The molecule has 1 aliphatic rings. The second-order valence-electron chi connectivity index (χ2n) is 4.24. The fourth-order valence-electron chi connectivity index (χ4n) is 2.02. The largest absolute Gasteiger partial charge is 0.301 e. The van der Waals surface area contributed by atoms with Crippen LogP contribution in [0, 0.1) is 5.82 Å². The number of hydrogen-bond donors (Lipinski definition) is 1. The van der Waals surface area contributed by atoms with E-state index in [4.69, 9.17) is 0 Å². The van der Waals surface area contributed by atoms with E-state index in [-0.39, 0.29) is 24.1 Å². The summed E-state index contributed by atoms with van der Waals surface area (Å²) in [4.78, 5) is 24.6. The first-order valence-electron chi connectivity index (χ1n) is 5.94. The zero-order valence-corrected chi connectivity index (χ0v) is 10.1. The highest BCUT2D eigenvalue weighted by molar-refractivity contribution is 6.05. The number of halogens is 1. The van der Waals surface area contributed by atoms with E-state index in [1.165, 1.54) is 17.0 Å². The summed E-state index contributed by atoms with van der Waals surface area (Å²) in [5, 5.41) is 3.03. The molecule has 1 N–H and O–H groups in total. The summed E-state index contributed by atoms with van der Waals surface area (Å²) in [5.41, 5.74) is 0.881. The Kier molecular flexibility index (Phi) is 3.72. The van der Waals surface area contributed by atoms with Crippen LogP contribution in [0.5, 0.6) is 0 Å². The SMILES string of the molecule is CCN1C(=O)CC(NCc2ccc(F)cc2)C1=O. The fourth-order valence-corrected chi connectivity index (χ4v) is 2.02. The molecular formula is C13H15FN2O2. The van der Waals surface area contributed by atoms with Gasteiger partial charge in [0.1, 0.15) is 5.82 Å². The maximum atomic E-state index is 12.7. The van der Waals surface area contributed by atoms with E-state index in [1.54, 1.807) is 19.1 Å². The van der Waals surface area contributed by atoms with Crippen LogP contribution < -0.4 is 5.32 Å². The second kappa shape index (κ2) is 5.27. The monoisotopic (exact) mass is 250 g/mol. The van der Waals surface area contributed by atoms with Crippen molar-refractivity contribution in [2.75, 3.05) is 6.54 Å². The van der Waals surface area contributed by atoms with Crippen molar-refractivity contribution in [2.45, 2.75) is 25.9 Å². The minimum Gasteiger partial charge on any atom is -0.301 e. The molecule has 1 aromatic rings. The maximum Gasteiger partial charge on any atom is 0.246 e. The van der Waals surface area contributed by atoms with Gasteiger partial charge in [-0.3, -0.25) is 14.5 Å². The molecule has 0 aliphatic carbocycles.